The molecule has 6 heteroatoms. The number of carbonyl (C=O) groups excluding carboxylic acids is 2. The third-order valence-electron chi connectivity index (χ3n) is 3.20. The maximum Gasteiger partial charge on any atom is 0.408 e. The molecule has 22 heavy (non-hydrogen) atoms. The molecule has 2 amide bonds. The number of carbonyl (C=O) groups is 2. The number of nitriles is 1. The Morgan fingerprint density at radius 2 is 2.00 bits per heavy atom. The van der Waals surface area contributed by atoms with E-state index in [-0.39, 0.29) is 5.91 Å². The smallest absolute Gasteiger partial charge is 0.408 e. The molecule has 1 aliphatic rings. The molecule has 0 bridgehead atoms. The third-order valence-corrected chi connectivity index (χ3v) is 3.20. The van der Waals surface area contributed by atoms with Gasteiger partial charge in [0.1, 0.15) is 11.6 Å². The zero-order chi connectivity index (χ0) is 16.3. The van der Waals surface area contributed by atoms with E-state index in [1.165, 1.54) is 0 Å². The van der Waals surface area contributed by atoms with E-state index in [1.54, 1.807) is 49.9 Å². The number of hydrogen-bond acceptors (Lipinski definition) is 4. The minimum atomic E-state index is -0.599. The lowest BCUT2D eigenvalue weighted by molar-refractivity contribution is -0.118. The van der Waals surface area contributed by atoms with Gasteiger partial charge in [-0.1, -0.05) is 0 Å². The second kappa shape index (κ2) is 6.06. The molecule has 1 aliphatic heterocycles. The molecule has 1 saturated heterocycles. The zero-order valence-corrected chi connectivity index (χ0v) is 12.9. The Kier molecular flexibility index (Phi) is 4.36. The van der Waals surface area contributed by atoms with Crippen molar-refractivity contribution in [1.82, 2.24) is 5.32 Å². The van der Waals surface area contributed by atoms with Crippen molar-refractivity contribution >= 4 is 17.7 Å². The van der Waals surface area contributed by atoms with Crippen LogP contribution in [0.1, 0.15) is 32.8 Å². The summed E-state index contributed by atoms with van der Waals surface area (Å²) in [7, 11) is 0. The predicted octanol–water partition coefficient (Wildman–Crippen LogP) is 2.19. The van der Waals surface area contributed by atoms with E-state index < -0.39 is 17.7 Å². The van der Waals surface area contributed by atoms with Crippen molar-refractivity contribution < 1.29 is 14.3 Å². The fourth-order valence-electron chi connectivity index (χ4n) is 2.24. The van der Waals surface area contributed by atoms with Gasteiger partial charge in [-0.2, -0.15) is 5.26 Å². The standard InChI is InChI=1S/C16H19N3O3/c1-16(2,3)22-15(21)18-13-8-9-19(14(13)20)12-6-4-11(10-17)5-7-12/h4-7,13H,8-9H2,1-3H3,(H,18,21)/t13-/m0/s1. The van der Waals surface area contributed by atoms with Gasteiger partial charge < -0.3 is 15.0 Å². The highest BCUT2D eigenvalue weighted by molar-refractivity contribution is 6.00. The van der Waals surface area contributed by atoms with Crippen LogP contribution in [0.15, 0.2) is 24.3 Å². The van der Waals surface area contributed by atoms with Gasteiger partial charge in [-0.3, -0.25) is 4.79 Å². The molecule has 6 nitrogen and oxygen atoms in total. The van der Waals surface area contributed by atoms with Crippen LogP contribution in [-0.2, 0) is 9.53 Å². The highest BCUT2D eigenvalue weighted by atomic mass is 16.6. The zero-order valence-electron chi connectivity index (χ0n) is 12.9. The Labute approximate surface area is 129 Å². The second-order valence-corrected chi connectivity index (χ2v) is 6.14. The summed E-state index contributed by atoms with van der Waals surface area (Å²) in [5, 5.41) is 11.4. The van der Waals surface area contributed by atoms with Crippen molar-refractivity contribution in [2.75, 3.05) is 11.4 Å². The van der Waals surface area contributed by atoms with E-state index in [9.17, 15) is 9.59 Å². The van der Waals surface area contributed by atoms with Crippen LogP contribution in [0.2, 0.25) is 0 Å². The van der Waals surface area contributed by atoms with Gasteiger partial charge >= 0.3 is 6.09 Å². The van der Waals surface area contributed by atoms with E-state index in [0.29, 0.717) is 18.5 Å². The van der Waals surface area contributed by atoms with Crippen LogP contribution in [0.5, 0.6) is 0 Å². The fraction of sp³-hybridized carbons (Fsp3) is 0.438. The molecule has 2 rings (SSSR count). The highest BCUT2D eigenvalue weighted by Gasteiger charge is 2.34. The van der Waals surface area contributed by atoms with Crippen LogP contribution in [0, 0.1) is 11.3 Å². The number of nitrogens with one attached hydrogen (secondary N) is 1. The van der Waals surface area contributed by atoms with E-state index in [2.05, 4.69) is 5.32 Å². The summed E-state index contributed by atoms with van der Waals surface area (Å²) in [6.45, 7) is 5.83. The molecule has 1 aromatic carbocycles. The monoisotopic (exact) mass is 301 g/mol. The van der Waals surface area contributed by atoms with Gasteiger partial charge in [0, 0.05) is 12.2 Å². The second-order valence-electron chi connectivity index (χ2n) is 6.14. The van der Waals surface area contributed by atoms with Crippen LogP contribution in [0.4, 0.5) is 10.5 Å². The predicted molar refractivity (Wildman–Crippen MR) is 81.3 cm³/mol. The molecule has 1 fully saturated rings. The Bertz CT molecular complexity index is 611. The van der Waals surface area contributed by atoms with Crippen molar-refractivity contribution in [2.45, 2.75) is 38.8 Å². The van der Waals surface area contributed by atoms with E-state index >= 15 is 0 Å². The molecule has 1 atom stereocenters. The van der Waals surface area contributed by atoms with Gasteiger partial charge in [0.05, 0.1) is 11.6 Å². The number of nitrogens with zero attached hydrogens (tertiary/aromatic N) is 2. The summed E-state index contributed by atoms with van der Waals surface area (Å²) in [5.41, 5.74) is 0.662. The average molecular weight is 301 g/mol. The number of ether oxygens (including phenoxy) is 1. The lowest BCUT2D eigenvalue weighted by atomic mass is 10.2. The van der Waals surface area contributed by atoms with Crippen LogP contribution in [0.25, 0.3) is 0 Å². The number of amides is 2. The topological polar surface area (TPSA) is 82.4 Å². The first-order valence-electron chi connectivity index (χ1n) is 7.11. The molecule has 0 unspecified atom stereocenters. The first kappa shape index (κ1) is 15.8. The third kappa shape index (κ3) is 3.76. The Hall–Kier alpha value is -2.55. The minimum absolute atomic E-state index is 0.171. The Morgan fingerprint density at radius 1 is 1.36 bits per heavy atom. The summed E-state index contributed by atoms with van der Waals surface area (Å²) in [5.74, 6) is -0.171. The number of rotatable bonds is 2. The molecule has 116 valence electrons. The molecule has 1 heterocycles. The quantitative estimate of drug-likeness (QED) is 0.907. The molecule has 0 spiro atoms. The highest BCUT2D eigenvalue weighted by Crippen LogP contribution is 2.22. The molecular weight excluding hydrogens is 282 g/mol. The summed E-state index contributed by atoms with van der Waals surface area (Å²) < 4.78 is 5.16. The average Bonchev–Trinajstić information content (AvgIpc) is 2.78. The van der Waals surface area contributed by atoms with Gasteiger partial charge in [-0.25, -0.2) is 4.79 Å². The minimum Gasteiger partial charge on any atom is -0.444 e. The van der Waals surface area contributed by atoms with Gasteiger partial charge in [-0.15, -0.1) is 0 Å². The van der Waals surface area contributed by atoms with Gasteiger partial charge in [0.15, 0.2) is 0 Å². The lowest BCUT2D eigenvalue weighted by Gasteiger charge is -2.21. The van der Waals surface area contributed by atoms with Gasteiger partial charge in [0.25, 0.3) is 0 Å². The number of hydrogen-bond donors (Lipinski definition) is 1. The molecule has 0 aliphatic carbocycles. The van der Waals surface area contributed by atoms with Crippen LogP contribution in [-0.4, -0.2) is 30.2 Å². The maximum atomic E-state index is 12.4. The van der Waals surface area contributed by atoms with Crippen molar-refractivity contribution in [3.63, 3.8) is 0 Å². The molecule has 1 aromatic rings. The van der Waals surface area contributed by atoms with Crippen molar-refractivity contribution in [3.05, 3.63) is 29.8 Å². The largest absolute Gasteiger partial charge is 0.444 e. The van der Waals surface area contributed by atoms with E-state index in [0.717, 1.165) is 5.69 Å². The molecule has 0 saturated carbocycles. The summed E-state index contributed by atoms with van der Waals surface area (Å²) in [6, 6.07) is 8.24. The summed E-state index contributed by atoms with van der Waals surface area (Å²) >= 11 is 0. The number of anilines is 1. The van der Waals surface area contributed by atoms with Gasteiger partial charge in [0.2, 0.25) is 5.91 Å². The first-order chi connectivity index (χ1) is 10.3. The lowest BCUT2D eigenvalue weighted by Crippen LogP contribution is -2.43. The Balaban J connectivity index is 2.00. The SMILES string of the molecule is CC(C)(C)OC(=O)N[C@H]1CCN(c2ccc(C#N)cc2)C1=O. The summed E-state index contributed by atoms with van der Waals surface area (Å²) in [4.78, 5) is 25.7. The van der Waals surface area contributed by atoms with Gasteiger partial charge in [-0.05, 0) is 51.5 Å². The molecule has 0 aromatic heterocycles. The van der Waals surface area contributed by atoms with Crippen molar-refractivity contribution in [3.8, 4) is 6.07 Å². The maximum absolute atomic E-state index is 12.4. The van der Waals surface area contributed by atoms with Crippen LogP contribution in [0.3, 0.4) is 0 Å². The first-order valence-corrected chi connectivity index (χ1v) is 7.11. The number of benzene rings is 1. The van der Waals surface area contributed by atoms with Crippen LogP contribution < -0.4 is 10.2 Å². The van der Waals surface area contributed by atoms with E-state index in [4.69, 9.17) is 10.00 Å². The molecule has 1 N–H and O–H groups in total. The van der Waals surface area contributed by atoms with E-state index in [1.807, 2.05) is 6.07 Å². The Morgan fingerprint density at radius 3 is 2.55 bits per heavy atom. The normalized spacial score (nSPS) is 18.0. The summed E-state index contributed by atoms with van der Waals surface area (Å²) in [6.07, 6.45) is -0.0644. The molecular formula is C16H19N3O3. The van der Waals surface area contributed by atoms with Crippen LogP contribution >= 0.6 is 0 Å². The molecule has 0 radical (unpaired) electrons. The number of alkyl carbamates (subject to hydrolysis) is 1. The van der Waals surface area contributed by atoms with Crippen molar-refractivity contribution in [2.24, 2.45) is 0 Å². The van der Waals surface area contributed by atoms with Crippen molar-refractivity contribution in [1.29, 1.82) is 5.26 Å². The fourth-order valence-corrected chi connectivity index (χ4v) is 2.24.